The molecule has 0 amide bonds. The summed E-state index contributed by atoms with van der Waals surface area (Å²) in [6.07, 6.45) is 2.34. The predicted molar refractivity (Wildman–Crippen MR) is 74.4 cm³/mol. The van der Waals surface area contributed by atoms with Crippen LogP contribution >= 0.6 is 0 Å². The second kappa shape index (κ2) is 5.22. The SMILES string of the molecule is CCCNC1c2cc(CC)ccc2C(C)C1C. The van der Waals surface area contributed by atoms with Crippen LogP contribution in [0.15, 0.2) is 18.2 Å². The molecule has 0 saturated carbocycles. The van der Waals surface area contributed by atoms with Crippen LogP contribution in [0.3, 0.4) is 0 Å². The molecule has 17 heavy (non-hydrogen) atoms. The van der Waals surface area contributed by atoms with Gasteiger partial charge in [0, 0.05) is 6.04 Å². The predicted octanol–water partition coefficient (Wildman–Crippen LogP) is 4.04. The zero-order chi connectivity index (χ0) is 12.4. The third-order valence-electron chi connectivity index (χ3n) is 4.31. The molecule has 0 spiro atoms. The number of rotatable bonds is 4. The first-order valence-electron chi connectivity index (χ1n) is 7.05. The van der Waals surface area contributed by atoms with E-state index in [1.54, 1.807) is 11.1 Å². The Hall–Kier alpha value is -0.820. The monoisotopic (exact) mass is 231 g/mol. The lowest BCUT2D eigenvalue weighted by Crippen LogP contribution is -2.25. The standard InChI is InChI=1S/C16H25N/c1-5-9-17-16-12(4)11(3)14-8-7-13(6-2)10-15(14)16/h7-8,10-12,16-17H,5-6,9H2,1-4H3. The van der Waals surface area contributed by atoms with Crippen molar-refractivity contribution in [1.29, 1.82) is 0 Å². The third kappa shape index (κ3) is 2.26. The quantitative estimate of drug-likeness (QED) is 0.824. The molecule has 1 aromatic carbocycles. The third-order valence-corrected chi connectivity index (χ3v) is 4.31. The van der Waals surface area contributed by atoms with Gasteiger partial charge < -0.3 is 5.32 Å². The van der Waals surface area contributed by atoms with Crippen molar-refractivity contribution in [3.8, 4) is 0 Å². The van der Waals surface area contributed by atoms with E-state index in [1.165, 1.54) is 12.0 Å². The maximum absolute atomic E-state index is 3.72. The molecular weight excluding hydrogens is 206 g/mol. The summed E-state index contributed by atoms with van der Waals surface area (Å²) in [5.41, 5.74) is 4.58. The highest BCUT2D eigenvalue weighted by Gasteiger charge is 2.34. The topological polar surface area (TPSA) is 12.0 Å². The van der Waals surface area contributed by atoms with E-state index < -0.39 is 0 Å². The van der Waals surface area contributed by atoms with Crippen molar-refractivity contribution in [2.45, 2.75) is 52.5 Å². The maximum atomic E-state index is 3.72. The molecule has 0 bridgehead atoms. The maximum Gasteiger partial charge on any atom is 0.0354 e. The first-order valence-corrected chi connectivity index (χ1v) is 7.05. The molecule has 0 fully saturated rings. The van der Waals surface area contributed by atoms with Gasteiger partial charge in [0.2, 0.25) is 0 Å². The molecule has 0 aromatic heterocycles. The Kier molecular flexibility index (Phi) is 3.88. The van der Waals surface area contributed by atoms with Crippen molar-refractivity contribution in [3.05, 3.63) is 34.9 Å². The molecule has 0 aliphatic heterocycles. The van der Waals surface area contributed by atoms with Gasteiger partial charge in [-0.1, -0.05) is 45.9 Å². The van der Waals surface area contributed by atoms with E-state index in [-0.39, 0.29) is 0 Å². The van der Waals surface area contributed by atoms with Crippen LogP contribution in [0.1, 0.15) is 62.8 Å². The fourth-order valence-corrected chi connectivity index (χ4v) is 2.98. The number of hydrogen-bond donors (Lipinski definition) is 1. The van der Waals surface area contributed by atoms with Crippen molar-refractivity contribution >= 4 is 0 Å². The molecule has 94 valence electrons. The Balaban J connectivity index is 2.31. The molecule has 1 aliphatic carbocycles. The van der Waals surface area contributed by atoms with Gasteiger partial charge in [0.05, 0.1) is 0 Å². The van der Waals surface area contributed by atoms with Crippen LogP contribution < -0.4 is 5.32 Å². The van der Waals surface area contributed by atoms with Crippen molar-refractivity contribution in [2.75, 3.05) is 6.54 Å². The Morgan fingerprint density at radius 1 is 1.12 bits per heavy atom. The summed E-state index contributed by atoms with van der Waals surface area (Å²) in [7, 11) is 0. The highest BCUT2D eigenvalue weighted by atomic mass is 14.9. The van der Waals surface area contributed by atoms with Crippen LogP contribution in [0.25, 0.3) is 0 Å². The van der Waals surface area contributed by atoms with E-state index in [0.29, 0.717) is 17.9 Å². The largest absolute Gasteiger partial charge is 0.310 e. The van der Waals surface area contributed by atoms with E-state index in [2.05, 4.69) is 51.2 Å². The fraction of sp³-hybridized carbons (Fsp3) is 0.625. The molecule has 0 radical (unpaired) electrons. The number of aryl methyl sites for hydroxylation is 1. The molecule has 1 aromatic rings. The van der Waals surface area contributed by atoms with Gasteiger partial charge in [-0.3, -0.25) is 0 Å². The van der Waals surface area contributed by atoms with E-state index in [4.69, 9.17) is 0 Å². The van der Waals surface area contributed by atoms with Crippen LogP contribution in [-0.2, 0) is 6.42 Å². The van der Waals surface area contributed by atoms with E-state index in [1.807, 2.05) is 0 Å². The fourth-order valence-electron chi connectivity index (χ4n) is 2.98. The normalized spacial score (nSPS) is 27.2. The molecule has 1 heteroatoms. The number of benzene rings is 1. The second-order valence-corrected chi connectivity index (χ2v) is 5.40. The van der Waals surface area contributed by atoms with E-state index in [9.17, 15) is 0 Å². The van der Waals surface area contributed by atoms with Crippen molar-refractivity contribution in [1.82, 2.24) is 5.32 Å². The molecule has 3 unspecified atom stereocenters. The Bertz CT molecular complexity index is 383. The van der Waals surface area contributed by atoms with Gasteiger partial charge in [0.1, 0.15) is 0 Å². The summed E-state index contributed by atoms with van der Waals surface area (Å²) < 4.78 is 0. The number of nitrogens with one attached hydrogen (secondary N) is 1. The summed E-state index contributed by atoms with van der Waals surface area (Å²) in [6, 6.07) is 7.63. The van der Waals surface area contributed by atoms with Gasteiger partial charge in [0.15, 0.2) is 0 Å². The first kappa shape index (κ1) is 12.6. The van der Waals surface area contributed by atoms with Crippen LogP contribution in [0.5, 0.6) is 0 Å². The molecule has 0 heterocycles. The number of hydrogen-bond acceptors (Lipinski definition) is 1. The summed E-state index contributed by atoms with van der Waals surface area (Å²) in [4.78, 5) is 0. The minimum absolute atomic E-state index is 0.562. The summed E-state index contributed by atoms with van der Waals surface area (Å²) in [6.45, 7) is 10.3. The summed E-state index contributed by atoms with van der Waals surface area (Å²) >= 11 is 0. The molecule has 1 nitrogen and oxygen atoms in total. The van der Waals surface area contributed by atoms with Gasteiger partial charge in [-0.2, -0.15) is 0 Å². The Morgan fingerprint density at radius 3 is 2.53 bits per heavy atom. The van der Waals surface area contributed by atoms with Crippen LogP contribution in [-0.4, -0.2) is 6.54 Å². The minimum atomic E-state index is 0.562. The van der Waals surface area contributed by atoms with Crippen molar-refractivity contribution in [2.24, 2.45) is 5.92 Å². The molecule has 0 saturated heterocycles. The van der Waals surface area contributed by atoms with Crippen molar-refractivity contribution < 1.29 is 0 Å². The smallest absolute Gasteiger partial charge is 0.0354 e. The lowest BCUT2D eigenvalue weighted by Gasteiger charge is -2.20. The van der Waals surface area contributed by atoms with Crippen LogP contribution in [0.4, 0.5) is 0 Å². The van der Waals surface area contributed by atoms with Crippen LogP contribution in [0, 0.1) is 5.92 Å². The van der Waals surface area contributed by atoms with E-state index >= 15 is 0 Å². The van der Waals surface area contributed by atoms with Crippen molar-refractivity contribution in [3.63, 3.8) is 0 Å². The molecule has 2 rings (SSSR count). The highest BCUT2D eigenvalue weighted by molar-refractivity contribution is 5.41. The molecule has 1 aliphatic rings. The Labute approximate surface area is 106 Å². The average Bonchev–Trinajstić information content (AvgIpc) is 2.59. The zero-order valence-electron chi connectivity index (χ0n) is 11.6. The van der Waals surface area contributed by atoms with Gasteiger partial charge in [-0.05, 0) is 47.9 Å². The lowest BCUT2D eigenvalue weighted by molar-refractivity contribution is 0.380. The van der Waals surface area contributed by atoms with E-state index in [0.717, 1.165) is 13.0 Å². The molecular formula is C16H25N. The summed E-state index contributed by atoms with van der Waals surface area (Å²) in [5, 5.41) is 3.72. The lowest BCUT2D eigenvalue weighted by atomic mass is 9.94. The van der Waals surface area contributed by atoms with Gasteiger partial charge in [-0.25, -0.2) is 0 Å². The Morgan fingerprint density at radius 2 is 1.88 bits per heavy atom. The first-order chi connectivity index (χ1) is 8.19. The van der Waals surface area contributed by atoms with Gasteiger partial charge in [-0.15, -0.1) is 0 Å². The summed E-state index contributed by atoms with van der Waals surface area (Å²) in [5.74, 6) is 1.40. The minimum Gasteiger partial charge on any atom is -0.310 e. The zero-order valence-corrected chi connectivity index (χ0v) is 11.6. The second-order valence-electron chi connectivity index (χ2n) is 5.40. The van der Waals surface area contributed by atoms with Gasteiger partial charge >= 0.3 is 0 Å². The number of fused-ring (bicyclic) bond motifs is 1. The van der Waals surface area contributed by atoms with Crippen LogP contribution in [0.2, 0.25) is 0 Å². The van der Waals surface area contributed by atoms with Gasteiger partial charge in [0.25, 0.3) is 0 Å². The average molecular weight is 231 g/mol. The molecule has 3 atom stereocenters. The molecule has 1 N–H and O–H groups in total. The highest BCUT2D eigenvalue weighted by Crippen LogP contribution is 2.44.